The van der Waals surface area contributed by atoms with Gasteiger partial charge in [0.2, 0.25) is 5.91 Å². The predicted octanol–water partition coefficient (Wildman–Crippen LogP) is 3.17. The Labute approximate surface area is 163 Å². The summed E-state index contributed by atoms with van der Waals surface area (Å²) in [7, 11) is 0. The lowest BCUT2D eigenvalue weighted by atomic mass is 10.2. The Morgan fingerprint density at radius 3 is 2.76 bits per heavy atom. The third-order valence-corrected chi connectivity index (χ3v) is 4.00. The molecule has 3 aromatic heterocycles. The fraction of sp³-hybridized carbons (Fsp3) is 0.105. The van der Waals surface area contributed by atoms with Crippen LogP contribution in [0.25, 0.3) is 17.1 Å². The molecular weight excluding hydrogens is 382 g/mol. The second kappa shape index (κ2) is 7.97. The lowest BCUT2D eigenvalue weighted by Gasteiger charge is -2.05. The number of nitrogens with one attached hydrogen (secondary N) is 1. The van der Waals surface area contributed by atoms with Gasteiger partial charge in [-0.1, -0.05) is 0 Å². The van der Waals surface area contributed by atoms with Crippen molar-refractivity contribution in [3.63, 3.8) is 0 Å². The molecule has 0 aliphatic carbocycles. The molecule has 0 fully saturated rings. The standard InChI is InChI=1S/C19H14F2N6O2/c20-12-1-3-14(15(21)7-12)16-9-24-19(29-16)6-5-18(28)26-13-2-4-17(23-8-13)27-11-22-10-25-27/h1-4,7-11H,5-6H2,(H,26,28). The molecule has 4 aromatic rings. The van der Waals surface area contributed by atoms with Gasteiger partial charge in [-0.2, -0.15) is 5.10 Å². The van der Waals surface area contributed by atoms with Gasteiger partial charge in [0.15, 0.2) is 17.5 Å². The van der Waals surface area contributed by atoms with Crippen molar-refractivity contribution in [3.05, 3.63) is 72.9 Å². The third kappa shape index (κ3) is 4.32. The Bertz CT molecular complexity index is 1130. The first-order valence-corrected chi connectivity index (χ1v) is 8.59. The van der Waals surface area contributed by atoms with Crippen LogP contribution in [0.2, 0.25) is 0 Å². The Kier molecular flexibility index (Phi) is 5.06. The number of pyridine rings is 1. The second-order valence-corrected chi connectivity index (χ2v) is 6.04. The van der Waals surface area contributed by atoms with Gasteiger partial charge in [0.1, 0.15) is 24.3 Å². The van der Waals surface area contributed by atoms with E-state index in [1.54, 1.807) is 12.1 Å². The van der Waals surface area contributed by atoms with Gasteiger partial charge in [-0.05, 0) is 24.3 Å². The van der Waals surface area contributed by atoms with Crippen molar-refractivity contribution in [2.75, 3.05) is 5.32 Å². The molecule has 0 saturated heterocycles. The number of hydrogen-bond donors (Lipinski definition) is 1. The van der Waals surface area contributed by atoms with E-state index in [0.717, 1.165) is 12.1 Å². The van der Waals surface area contributed by atoms with Crippen LogP contribution in [0.15, 0.2) is 59.8 Å². The lowest BCUT2D eigenvalue weighted by Crippen LogP contribution is -2.12. The SMILES string of the molecule is O=C(CCc1ncc(-c2ccc(F)cc2F)o1)Nc1ccc(-n2cncn2)nc1. The molecule has 146 valence electrons. The molecule has 29 heavy (non-hydrogen) atoms. The summed E-state index contributed by atoms with van der Waals surface area (Å²) in [4.78, 5) is 24.2. The molecule has 0 atom stereocenters. The summed E-state index contributed by atoms with van der Waals surface area (Å²) in [5.41, 5.74) is 0.633. The Morgan fingerprint density at radius 2 is 2.03 bits per heavy atom. The van der Waals surface area contributed by atoms with E-state index in [1.165, 1.54) is 35.8 Å². The van der Waals surface area contributed by atoms with E-state index in [1.807, 2.05) is 0 Å². The van der Waals surface area contributed by atoms with Crippen LogP contribution in [-0.4, -0.2) is 30.6 Å². The highest BCUT2D eigenvalue weighted by Gasteiger charge is 2.13. The molecular formula is C19H14F2N6O2. The van der Waals surface area contributed by atoms with Gasteiger partial charge >= 0.3 is 0 Å². The molecule has 0 unspecified atom stereocenters. The van der Waals surface area contributed by atoms with Crippen LogP contribution in [-0.2, 0) is 11.2 Å². The Balaban J connectivity index is 1.33. The minimum Gasteiger partial charge on any atom is -0.441 e. The zero-order chi connectivity index (χ0) is 20.2. The summed E-state index contributed by atoms with van der Waals surface area (Å²) in [5, 5.41) is 6.69. The van der Waals surface area contributed by atoms with Crippen LogP contribution in [0, 0.1) is 11.6 Å². The van der Waals surface area contributed by atoms with E-state index in [4.69, 9.17) is 4.42 Å². The third-order valence-electron chi connectivity index (χ3n) is 4.00. The van der Waals surface area contributed by atoms with Crippen molar-refractivity contribution in [3.8, 4) is 17.1 Å². The van der Waals surface area contributed by atoms with Gasteiger partial charge in [0.25, 0.3) is 0 Å². The summed E-state index contributed by atoms with van der Waals surface area (Å²) >= 11 is 0. The molecule has 0 bridgehead atoms. The molecule has 8 nitrogen and oxygen atoms in total. The highest BCUT2D eigenvalue weighted by atomic mass is 19.1. The van der Waals surface area contributed by atoms with Gasteiger partial charge in [0, 0.05) is 18.9 Å². The molecule has 3 heterocycles. The van der Waals surface area contributed by atoms with Gasteiger partial charge in [-0.25, -0.2) is 28.4 Å². The molecule has 0 aliphatic heterocycles. The number of hydrogen-bond acceptors (Lipinski definition) is 6. The zero-order valence-corrected chi connectivity index (χ0v) is 14.9. The fourth-order valence-electron chi connectivity index (χ4n) is 2.61. The number of oxazole rings is 1. The van der Waals surface area contributed by atoms with E-state index in [0.29, 0.717) is 11.5 Å². The summed E-state index contributed by atoms with van der Waals surface area (Å²) in [6, 6.07) is 6.57. The van der Waals surface area contributed by atoms with E-state index in [2.05, 4.69) is 25.4 Å². The molecule has 1 N–H and O–H groups in total. The summed E-state index contributed by atoms with van der Waals surface area (Å²) in [6.07, 6.45) is 6.10. The number of rotatable bonds is 6. The molecule has 10 heteroatoms. The minimum atomic E-state index is -0.743. The second-order valence-electron chi connectivity index (χ2n) is 6.04. The largest absolute Gasteiger partial charge is 0.441 e. The van der Waals surface area contributed by atoms with Gasteiger partial charge in [-0.15, -0.1) is 0 Å². The van der Waals surface area contributed by atoms with Crippen molar-refractivity contribution in [1.29, 1.82) is 0 Å². The molecule has 1 amide bonds. The van der Waals surface area contributed by atoms with Crippen molar-refractivity contribution in [2.45, 2.75) is 12.8 Å². The van der Waals surface area contributed by atoms with Crippen molar-refractivity contribution < 1.29 is 18.0 Å². The first-order chi connectivity index (χ1) is 14.1. The van der Waals surface area contributed by atoms with Gasteiger partial charge in [0.05, 0.1) is 23.6 Å². The number of halogens is 2. The summed E-state index contributed by atoms with van der Waals surface area (Å²) in [6.45, 7) is 0. The first kappa shape index (κ1) is 18.4. The topological polar surface area (TPSA) is 98.7 Å². The maximum atomic E-state index is 13.8. The predicted molar refractivity (Wildman–Crippen MR) is 98.0 cm³/mol. The Hall–Kier alpha value is -3.95. The summed E-state index contributed by atoms with van der Waals surface area (Å²) in [5.74, 6) is -0.656. The van der Waals surface area contributed by atoms with Crippen molar-refractivity contribution in [2.24, 2.45) is 0 Å². The smallest absolute Gasteiger partial charge is 0.224 e. The van der Waals surface area contributed by atoms with E-state index in [9.17, 15) is 13.6 Å². The molecule has 0 saturated carbocycles. The number of carbonyl (C=O) groups excluding carboxylic acids is 1. The average molecular weight is 396 g/mol. The molecule has 0 spiro atoms. The molecule has 1 aromatic carbocycles. The van der Waals surface area contributed by atoms with Gasteiger partial charge in [-0.3, -0.25) is 4.79 Å². The van der Waals surface area contributed by atoms with Crippen molar-refractivity contribution in [1.82, 2.24) is 24.7 Å². The number of nitrogens with zero attached hydrogens (tertiary/aromatic N) is 5. The van der Waals surface area contributed by atoms with Crippen LogP contribution in [0.5, 0.6) is 0 Å². The van der Waals surface area contributed by atoms with Crippen LogP contribution < -0.4 is 5.32 Å². The van der Waals surface area contributed by atoms with Crippen LogP contribution >= 0.6 is 0 Å². The molecule has 0 radical (unpaired) electrons. The van der Waals surface area contributed by atoms with Crippen molar-refractivity contribution >= 4 is 11.6 Å². The number of benzene rings is 1. The highest BCUT2D eigenvalue weighted by Crippen LogP contribution is 2.24. The first-order valence-electron chi connectivity index (χ1n) is 8.59. The maximum absolute atomic E-state index is 13.8. The quantitative estimate of drug-likeness (QED) is 0.538. The maximum Gasteiger partial charge on any atom is 0.224 e. The van der Waals surface area contributed by atoms with E-state index in [-0.39, 0.29) is 36.0 Å². The van der Waals surface area contributed by atoms with E-state index >= 15 is 0 Å². The van der Waals surface area contributed by atoms with Crippen LogP contribution in [0.4, 0.5) is 14.5 Å². The number of aromatic nitrogens is 5. The minimum absolute atomic E-state index is 0.105. The lowest BCUT2D eigenvalue weighted by molar-refractivity contribution is -0.116. The fourth-order valence-corrected chi connectivity index (χ4v) is 2.61. The average Bonchev–Trinajstić information content (AvgIpc) is 3.39. The molecule has 4 rings (SSSR count). The van der Waals surface area contributed by atoms with E-state index < -0.39 is 11.6 Å². The van der Waals surface area contributed by atoms with Gasteiger partial charge < -0.3 is 9.73 Å². The van der Waals surface area contributed by atoms with Crippen LogP contribution in [0.1, 0.15) is 12.3 Å². The highest BCUT2D eigenvalue weighted by molar-refractivity contribution is 5.90. The number of anilines is 1. The normalized spacial score (nSPS) is 10.8. The number of amides is 1. The zero-order valence-electron chi connectivity index (χ0n) is 14.9. The molecule has 0 aliphatic rings. The number of carbonyl (C=O) groups is 1. The monoisotopic (exact) mass is 396 g/mol. The summed E-state index contributed by atoms with van der Waals surface area (Å²) < 4.78 is 33.8. The van der Waals surface area contributed by atoms with Crippen LogP contribution in [0.3, 0.4) is 0 Å². The Morgan fingerprint density at radius 1 is 1.14 bits per heavy atom. The number of aryl methyl sites for hydroxylation is 1.